The number of carbonyl (C=O) groups excluding carboxylic acids is 1. The SMILES string of the molecule is CC1=C[C@@H]2C(OCc3ccccc3)CC[C@H](C)[C@H]2[C@](C)(C=O)[C@@H]1/C(C)=C/COCc1ccccc1. The van der Waals surface area contributed by atoms with Crippen molar-refractivity contribution in [2.75, 3.05) is 6.61 Å². The molecule has 0 aromatic heterocycles. The molecule has 2 aromatic rings. The number of allylic oxidation sites excluding steroid dienone is 2. The lowest BCUT2D eigenvalue weighted by molar-refractivity contribution is -0.132. The van der Waals surface area contributed by atoms with Gasteiger partial charge in [-0.3, -0.25) is 0 Å². The van der Waals surface area contributed by atoms with Crippen LogP contribution in [0.25, 0.3) is 0 Å². The number of hydrogen-bond donors (Lipinski definition) is 0. The zero-order valence-electron chi connectivity index (χ0n) is 21.7. The van der Waals surface area contributed by atoms with Crippen LogP contribution in [0.3, 0.4) is 0 Å². The van der Waals surface area contributed by atoms with Crippen LogP contribution in [-0.2, 0) is 27.5 Å². The van der Waals surface area contributed by atoms with E-state index in [0.29, 0.717) is 25.7 Å². The Balaban J connectivity index is 1.51. The zero-order chi connectivity index (χ0) is 24.8. The van der Waals surface area contributed by atoms with Crippen molar-refractivity contribution in [2.45, 2.75) is 59.9 Å². The second-order valence-electron chi connectivity index (χ2n) is 10.8. The van der Waals surface area contributed by atoms with Gasteiger partial charge in [0.25, 0.3) is 0 Å². The van der Waals surface area contributed by atoms with E-state index in [1.165, 1.54) is 28.6 Å². The van der Waals surface area contributed by atoms with Gasteiger partial charge < -0.3 is 14.3 Å². The van der Waals surface area contributed by atoms with E-state index in [-0.39, 0.29) is 23.9 Å². The summed E-state index contributed by atoms with van der Waals surface area (Å²) < 4.78 is 12.4. The predicted molar refractivity (Wildman–Crippen MR) is 142 cm³/mol. The fourth-order valence-corrected chi connectivity index (χ4v) is 6.76. The first-order valence-corrected chi connectivity index (χ1v) is 13.0. The molecule has 0 heterocycles. The average Bonchev–Trinajstić information content (AvgIpc) is 2.87. The number of benzene rings is 2. The van der Waals surface area contributed by atoms with E-state index in [4.69, 9.17) is 9.47 Å². The van der Waals surface area contributed by atoms with Crippen molar-refractivity contribution >= 4 is 6.29 Å². The molecular formula is C32H40O3. The van der Waals surface area contributed by atoms with Crippen LogP contribution in [0.5, 0.6) is 0 Å². The Kier molecular flexibility index (Phi) is 8.41. The van der Waals surface area contributed by atoms with Gasteiger partial charge in [-0.15, -0.1) is 0 Å². The Hall–Kier alpha value is -2.49. The number of fused-ring (bicyclic) bond motifs is 1. The summed E-state index contributed by atoms with van der Waals surface area (Å²) in [4.78, 5) is 12.8. The van der Waals surface area contributed by atoms with Crippen LogP contribution in [0.1, 0.15) is 51.7 Å². The largest absolute Gasteiger partial charge is 0.373 e. The maximum Gasteiger partial charge on any atom is 0.127 e. The van der Waals surface area contributed by atoms with Crippen molar-refractivity contribution in [3.05, 3.63) is 95.1 Å². The Morgan fingerprint density at radius 3 is 2.26 bits per heavy atom. The van der Waals surface area contributed by atoms with Crippen molar-refractivity contribution in [3.8, 4) is 0 Å². The molecule has 3 heteroatoms. The zero-order valence-corrected chi connectivity index (χ0v) is 21.7. The first-order chi connectivity index (χ1) is 16.9. The fourth-order valence-electron chi connectivity index (χ4n) is 6.76. The lowest BCUT2D eigenvalue weighted by Crippen LogP contribution is -2.52. The molecule has 0 saturated heterocycles. The third-order valence-electron chi connectivity index (χ3n) is 8.27. The molecule has 1 fully saturated rings. The van der Waals surface area contributed by atoms with Gasteiger partial charge in [0.1, 0.15) is 6.29 Å². The molecule has 0 N–H and O–H groups in total. The van der Waals surface area contributed by atoms with Gasteiger partial charge in [-0.05, 0) is 49.7 Å². The summed E-state index contributed by atoms with van der Waals surface area (Å²) in [5.74, 6) is 1.09. The molecule has 2 aliphatic carbocycles. The highest BCUT2D eigenvalue weighted by Crippen LogP contribution is 2.56. The predicted octanol–water partition coefficient (Wildman–Crippen LogP) is 7.18. The first-order valence-electron chi connectivity index (χ1n) is 13.0. The molecular weight excluding hydrogens is 432 g/mol. The molecule has 1 saturated carbocycles. The van der Waals surface area contributed by atoms with Crippen molar-refractivity contribution < 1.29 is 14.3 Å². The maximum absolute atomic E-state index is 12.8. The Bertz CT molecular complexity index is 1030. The van der Waals surface area contributed by atoms with Crippen LogP contribution in [0, 0.1) is 29.1 Å². The lowest BCUT2D eigenvalue weighted by atomic mass is 9.50. The van der Waals surface area contributed by atoms with Gasteiger partial charge in [0.05, 0.1) is 25.9 Å². The van der Waals surface area contributed by atoms with Crippen LogP contribution in [0.4, 0.5) is 0 Å². The second-order valence-corrected chi connectivity index (χ2v) is 10.8. The van der Waals surface area contributed by atoms with E-state index in [0.717, 1.165) is 12.8 Å². The summed E-state index contributed by atoms with van der Waals surface area (Å²) in [6, 6.07) is 20.6. The van der Waals surface area contributed by atoms with Crippen molar-refractivity contribution in [2.24, 2.45) is 29.1 Å². The highest BCUT2D eigenvalue weighted by Gasteiger charge is 2.54. The van der Waals surface area contributed by atoms with Gasteiger partial charge in [-0.2, -0.15) is 0 Å². The Labute approximate surface area is 211 Å². The van der Waals surface area contributed by atoms with Crippen LogP contribution in [0.15, 0.2) is 84.0 Å². The third kappa shape index (κ3) is 5.68. The van der Waals surface area contributed by atoms with Gasteiger partial charge >= 0.3 is 0 Å². The quantitative estimate of drug-likeness (QED) is 0.220. The molecule has 0 bridgehead atoms. The van der Waals surface area contributed by atoms with Crippen LogP contribution >= 0.6 is 0 Å². The third-order valence-corrected chi connectivity index (χ3v) is 8.27. The summed E-state index contributed by atoms with van der Waals surface area (Å²) in [6.07, 6.45) is 8.11. The number of rotatable bonds is 9. The molecule has 6 atom stereocenters. The summed E-state index contributed by atoms with van der Waals surface area (Å²) in [7, 11) is 0. The number of carbonyl (C=O) groups is 1. The van der Waals surface area contributed by atoms with E-state index in [1.54, 1.807) is 0 Å². The van der Waals surface area contributed by atoms with Crippen molar-refractivity contribution in [3.63, 3.8) is 0 Å². The average molecular weight is 473 g/mol. The van der Waals surface area contributed by atoms with E-state index in [9.17, 15) is 4.79 Å². The minimum atomic E-state index is -0.461. The van der Waals surface area contributed by atoms with Gasteiger partial charge in [-0.1, -0.05) is 97.8 Å². The highest BCUT2D eigenvalue weighted by molar-refractivity contribution is 5.64. The smallest absolute Gasteiger partial charge is 0.127 e. The van der Waals surface area contributed by atoms with Crippen molar-refractivity contribution in [1.29, 1.82) is 0 Å². The number of hydrogen-bond acceptors (Lipinski definition) is 3. The maximum atomic E-state index is 12.8. The molecule has 0 amide bonds. The van der Waals surface area contributed by atoms with Crippen LogP contribution in [0.2, 0.25) is 0 Å². The van der Waals surface area contributed by atoms with Gasteiger partial charge in [-0.25, -0.2) is 0 Å². The first kappa shape index (κ1) is 25.6. The summed E-state index contributed by atoms with van der Waals surface area (Å²) in [6.45, 7) is 10.6. The molecule has 4 rings (SSSR count). The van der Waals surface area contributed by atoms with E-state index in [2.05, 4.69) is 76.2 Å². The van der Waals surface area contributed by atoms with Gasteiger partial charge in [0.15, 0.2) is 0 Å². The van der Waals surface area contributed by atoms with E-state index in [1.807, 2.05) is 24.3 Å². The molecule has 2 aromatic carbocycles. The van der Waals surface area contributed by atoms with Crippen LogP contribution in [-0.4, -0.2) is 19.0 Å². The Morgan fingerprint density at radius 1 is 1.00 bits per heavy atom. The summed E-state index contributed by atoms with van der Waals surface area (Å²) in [5.41, 5.74) is 4.41. The topological polar surface area (TPSA) is 35.5 Å². The van der Waals surface area contributed by atoms with E-state index < -0.39 is 5.41 Å². The molecule has 186 valence electrons. The highest BCUT2D eigenvalue weighted by atomic mass is 16.5. The summed E-state index contributed by atoms with van der Waals surface area (Å²) in [5, 5.41) is 0. The minimum Gasteiger partial charge on any atom is -0.373 e. The standard InChI is InChI=1S/C32H40O3/c1-23-15-16-29(35-21-27-13-9-6-10-14-27)28-19-25(3)30(32(4,22-33)31(23)28)24(2)17-18-34-20-26-11-7-5-8-12-26/h5-14,17,19,22-23,28-31H,15-16,18,20-21H2,1-4H3/b24-17+/t23-,28+,29?,30+,31+,32+/m0/s1. The molecule has 35 heavy (non-hydrogen) atoms. The van der Waals surface area contributed by atoms with Gasteiger partial charge in [0.2, 0.25) is 0 Å². The molecule has 0 aliphatic heterocycles. The molecule has 0 spiro atoms. The molecule has 1 unspecified atom stereocenters. The number of aldehydes is 1. The van der Waals surface area contributed by atoms with Crippen molar-refractivity contribution in [1.82, 2.24) is 0 Å². The minimum absolute atomic E-state index is 0.0944. The fraction of sp³-hybridized carbons (Fsp3) is 0.469. The molecule has 2 aliphatic rings. The summed E-state index contributed by atoms with van der Waals surface area (Å²) >= 11 is 0. The number of ether oxygens (including phenoxy) is 2. The van der Waals surface area contributed by atoms with Crippen LogP contribution < -0.4 is 0 Å². The normalized spacial score (nSPS) is 30.9. The Morgan fingerprint density at radius 2 is 1.63 bits per heavy atom. The van der Waals surface area contributed by atoms with E-state index >= 15 is 0 Å². The second kappa shape index (κ2) is 11.5. The molecule has 0 radical (unpaired) electrons. The van der Waals surface area contributed by atoms with Gasteiger partial charge in [0, 0.05) is 17.3 Å². The molecule has 3 nitrogen and oxygen atoms in total. The monoisotopic (exact) mass is 472 g/mol. The lowest BCUT2D eigenvalue weighted by Gasteiger charge is -2.54.